The standard InChI is InChI=1S/C8H14ClN5O/c1-5(3-4-15-2)11-8-13-6(9)12-7(10)14-8/h5H,3-4H2,1-2H3,(H3,10,11,12,13,14). The second-order valence-electron chi connectivity index (χ2n) is 3.11. The Balaban J connectivity index is 2.56. The van der Waals surface area contributed by atoms with Crippen LogP contribution in [0.1, 0.15) is 13.3 Å². The summed E-state index contributed by atoms with van der Waals surface area (Å²) in [5.41, 5.74) is 5.42. The highest BCUT2D eigenvalue weighted by Crippen LogP contribution is 2.08. The van der Waals surface area contributed by atoms with E-state index < -0.39 is 0 Å². The first kappa shape index (κ1) is 11.9. The van der Waals surface area contributed by atoms with Crippen LogP contribution in [0.2, 0.25) is 5.28 Å². The van der Waals surface area contributed by atoms with Crippen molar-refractivity contribution in [3.63, 3.8) is 0 Å². The molecule has 6 nitrogen and oxygen atoms in total. The molecule has 0 aliphatic carbocycles. The summed E-state index contributed by atoms with van der Waals surface area (Å²) in [6.07, 6.45) is 0.847. The summed E-state index contributed by atoms with van der Waals surface area (Å²) >= 11 is 5.63. The molecule has 0 saturated carbocycles. The number of anilines is 2. The molecule has 1 aromatic rings. The average Bonchev–Trinajstić information content (AvgIpc) is 2.13. The summed E-state index contributed by atoms with van der Waals surface area (Å²) in [4.78, 5) is 11.5. The molecule has 3 N–H and O–H groups in total. The minimum absolute atomic E-state index is 0.0870. The number of rotatable bonds is 5. The van der Waals surface area contributed by atoms with E-state index in [0.717, 1.165) is 6.42 Å². The predicted molar refractivity (Wildman–Crippen MR) is 58.8 cm³/mol. The van der Waals surface area contributed by atoms with Gasteiger partial charge in [0.2, 0.25) is 17.2 Å². The van der Waals surface area contributed by atoms with E-state index in [1.807, 2.05) is 6.92 Å². The number of hydrogen-bond donors (Lipinski definition) is 2. The van der Waals surface area contributed by atoms with Crippen LogP contribution in [0.3, 0.4) is 0 Å². The van der Waals surface area contributed by atoms with Crippen molar-refractivity contribution in [3.8, 4) is 0 Å². The fourth-order valence-corrected chi connectivity index (χ4v) is 1.18. The zero-order valence-corrected chi connectivity index (χ0v) is 9.45. The molecule has 0 saturated heterocycles. The molecule has 0 aromatic carbocycles. The first-order valence-electron chi connectivity index (χ1n) is 4.54. The third-order valence-corrected chi connectivity index (χ3v) is 1.92. The van der Waals surface area contributed by atoms with Crippen LogP contribution < -0.4 is 11.1 Å². The normalized spacial score (nSPS) is 12.5. The highest BCUT2D eigenvalue weighted by Gasteiger charge is 2.06. The van der Waals surface area contributed by atoms with Gasteiger partial charge >= 0.3 is 0 Å². The molecule has 0 radical (unpaired) electrons. The van der Waals surface area contributed by atoms with Crippen LogP contribution in [0, 0.1) is 0 Å². The number of nitrogen functional groups attached to an aromatic ring is 1. The largest absolute Gasteiger partial charge is 0.385 e. The summed E-state index contributed by atoms with van der Waals surface area (Å²) in [5, 5.41) is 3.14. The lowest BCUT2D eigenvalue weighted by atomic mass is 10.2. The van der Waals surface area contributed by atoms with Gasteiger partial charge in [-0.15, -0.1) is 0 Å². The second-order valence-corrected chi connectivity index (χ2v) is 3.45. The second kappa shape index (κ2) is 5.67. The van der Waals surface area contributed by atoms with Crippen LogP contribution in [0.15, 0.2) is 0 Å². The summed E-state index contributed by atoms with van der Waals surface area (Å²) in [5.74, 6) is 0.493. The molecule has 1 aromatic heterocycles. The van der Waals surface area contributed by atoms with Gasteiger partial charge in [-0.25, -0.2) is 0 Å². The Labute approximate surface area is 93.2 Å². The Morgan fingerprint density at radius 3 is 2.80 bits per heavy atom. The van der Waals surface area contributed by atoms with E-state index in [1.165, 1.54) is 0 Å². The molecule has 84 valence electrons. The van der Waals surface area contributed by atoms with E-state index in [2.05, 4.69) is 20.3 Å². The van der Waals surface area contributed by atoms with E-state index in [1.54, 1.807) is 7.11 Å². The lowest BCUT2D eigenvalue weighted by Gasteiger charge is -2.12. The summed E-state index contributed by atoms with van der Waals surface area (Å²) in [7, 11) is 1.66. The predicted octanol–water partition coefficient (Wildman–Crippen LogP) is 0.944. The van der Waals surface area contributed by atoms with Gasteiger partial charge in [-0.3, -0.25) is 0 Å². The molecule has 0 bridgehead atoms. The highest BCUT2D eigenvalue weighted by atomic mass is 35.5. The summed E-state index contributed by atoms with van der Waals surface area (Å²) < 4.78 is 4.95. The molecule has 0 aliphatic heterocycles. The number of aromatic nitrogens is 3. The Bertz CT molecular complexity index is 302. The maximum absolute atomic E-state index is 5.63. The number of ether oxygens (including phenoxy) is 1. The lowest BCUT2D eigenvalue weighted by Crippen LogP contribution is -2.19. The fourth-order valence-electron chi connectivity index (χ4n) is 1.02. The number of halogens is 1. The number of nitrogens with zero attached hydrogens (tertiary/aromatic N) is 3. The van der Waals surface area contributed by atoms with Crippen LogP contribution in [-0.2, 0) is 4.74 Å². The number of nitrogens with one attached hydrogen (secondary N) is 1. The molecule has 1 heterocycles. The van der Waals surface area contributed by atoms with Crippen molar-refractivity contribution in [2.75, 3.05) is 24.8 Å². The smallest absolute Gasteiger partial charge is 0.229 e. The Hall–Kier alpha value is -1.14. The van der Waals surface area contributed by atoms with Gasteiger partial charge in [0.15, 0.2) is 0 Å². The zero-order valence-electron chi connectivity index (χ0n) is 8.70. The zero-order chi connectivity index (χ0) is 11.3. The van der Waals surface area contributed by atoms with E-state index in [4.69, 9.17) is 22.1 Å². The van der Waals surface area contributed by atoms with E-state index in [-0.39, 0.29) is 17.3 Å². The third kappa shape index (κ3) is 4.26. The number of hydrogen-bond acceptors (Lipinski definition) is 6. The van der Waals surface area contributed by atoms with Gasteiger partial charge in [-0.2, -0.15) is 15.0 Å². The van der Waals surface area contributed by atoms with Gasteiger partial charge in [-0.1, -0.05) is 0 Å². The topological polar surface area (TPSA) is 86.0 Å². The molecular weight excluding hydrogens is 218 g/mol. The van der Waals surface area contributed by atoms with Crippen molar-refractivity contribution in [1.82, 2.24) is 15.0 Å². The Morgan fingerprint density at radius 2 is 2.20 bits per heavy atom. The van der Waals surface area contributed by atoms with Crippen molar-refractivity contribution < 1.29 is 4.74 Å². The monoisotopic (exact) mass is 231 g/mol. The van der Waals surface area contributed by atoms with Crippen LogP contribution in [0.5, 0.6) is 0 Å². The van der Waals surface area contributed by atoms with E-state index in [0.29, 0.717) is 12.6 Å². The fraction of sp³-hybridized carbons (Fsp3) is 0.625. The SMILES string of the molecule is COCCC(C)Nc1nc(N)nc(Cl)n1. The minimum Gasteiger partial charge on any atom is -0.385 e. The van der Waals surface area contributed by atoms with Crippen LogP contribution in [0.4, 0.5) is 11.9 Å². The van der Waals surface area contributed by atoms with Crippen molar-refractivity contribution >= 4 is 23.5 Å². The summed E-state index contributed by atoms with van der Waals surface area (Å²) in [6.45, 7) is 2.66. The average molecular weight is 232 g/mol. The van der Waals surface area contributed by atoms with Crippen LogP contribution >= 0.6 is 11.6 Å². The molecule has 15 heavy (non-hydrogen) atoms. The van der Waals surface area contributed by atoms with Gasteiger partial charge in [0.1, 0.15) is 0 Å². The van der Waals surface area contributed by atoms with Gasteiger partial charge in [-0.05, 0) is 24.9 Å². The van der Waals surface area contributed by atoms with Crippen molar-refractivity contribution in [3.05, 3.63) is 5.28 Å². The van der Waals surface area contributed by atoms with Crippen LogP contribution in [0.25, 0.3) is 0 Å². The van der Waals surface area contributed by atoms with E-state index in [9.17, 15) is 0 Å². The lowest BCUT2D eigenvalue weighted by molar-refractivity contribution is 0.191. The molecule has 0 aliphatic rings. The van der Waals surface area contributed by atoms with E-state index >= 15 is 0 Å². The highest BCUT2D eigenvalue weighted by molar-refractivity contribution is 6.28. The molecule has 1 atom stereocenters. The molecule has 1 unspecified atom stereocenters. The number of nitrogens with two attached hydrogens (primary N) is 1. The molecule has 0 spiro atoms. The first-order valence-corrected chi connectivity index (χ1v) is 4.92. The van der Waals surface area contributed by atoms with Gasteiger partial charge < -0.3 is 15.8 Å². The Morgan fingerprint density at radius 1 is 1.47 bits per heavy atom. The van der Waals surface area contributed by atoms with Crippen molar-refractivity contribution in [1.29, 1.82) is 0 Å². The van der Waals surface area contributed by atoms with Crippen molar-refractivity contribution in [2.24, 2.45) is 0 Å². The quantitative estimate of drug-likeness (QED) is 0.785. The molecule has 0 fully saturated rings. The molecule has 1 rings (SSSR count). The molecule has 7 heteroatoms. The maximum atomic E-state index is 5.63. The maximum Gasteiger partial charge on any atom is 0.229 e. The van der Waals surface area contributed by atoms with Crippen LogP contribution in [-0.4, -0.2) is 34.7 Å². The third-order valence-electron chi connectivity index (χ3n) is 1.76. The summed E-state index contributed by atoms with van der Waals surface area (Å²) in [6, 6.07) is 0.183. The van der Waals surface area contributed by atoms with Gasteiger partial charge in [0, 0.05) is 19.8 Å². The minimum atomic E-state index is 0.0870. The van der Waals surface area contributed by atoms with Gasteiger partial charge in [0.25, 0.3) is 0 Å². The molecule has 0 amide bonds. The first-order chi connectivity index (χ1) is 7.11. The van der Waals surface area contributed by atoms with Crippen molar-refractivity contribution in [2.45, 2.75) is 19.4 Å². The Kier molecular flexibility index (Phi) is 4.51. The number of methoxy groups -OCH3 is 1. The van der Waals surface area contributed by atoms with Gasteiger partial charge in [0.05, 0.1) is 0 Å². The molecular formula is C8H14ClN5O.